The molecule has 2 heterocycles. The molecule has 7 nitrogen and oxygen atoms in total. The molecule has 5 rings (SSSR count). The van der Waals surface area contributed by atoms with Gasteiger partial charge >= 0.3 is 0 Å². The molecule has 0 bridgehead atoms. The fraction of sp³-hybridized carbons (Fsp3) is 0.207. The quantitative estimate of drug-likeness (QED) is 0.372. The molecule has 1 N–H and O–H groups in total. The van der Waals surface area contributed by atoms with E-state index in [2.05, 4.69) is 10.3 Å². The van der Waals surface area contributed by atoms with E-state index in [1.807, 2.05) is 81.4 Å². The number of fused-ring (bicyclic) bond motifs is 3. The average molecular weight is 481 g/mol. The molecule has 5 aromatic rings. The van der Waals surface area contributed by atoms with Crippen molar-refractivity contribution in [2.45, 2.75) is 33.9 Å². The number of rotatable bonds is 6. The van der Waals surface area contributed by atoms with Gasteiger partial charge in [-0.3, -0.25) is 14.2 Å². The maximum Gasteiger partial charge on any atom is 0.278 e. The summed E-state index contributed by atoms with van der Waals surface area (Å²) in [7, 11) is 1.62. The van der Waals surface area contributed by atoms with Gasteiger partial charge in [0.2, 0.25) is 5.91 Å². The van der Waals surface area contributed by atoms with Crippen LogP contribution in [0.15, 0.2) is 71.8 Å². The van der Waals surface area contributed by atoms with Crippen molar-refractivity contribution in [1.29, 1.82) is 0 Å². The van der Waals surface area contributed by atoms with Gasteiger partial charge in [-0.2, -0.15) is 0 Å². The summed E-state index contributed by atoms with van der Waals surface area (Å²) in [4.78, 5) is 31.5. The predicted molar refractivity (Wildman–Crippen MR) is 143 cm³/mol. The third kappa shape index (κ3) is 4.35. The number of nitrogens with one attached hydrogen (secondary N) is 1. The molecule has 0 radical (unpaired) electrons. The Hall–Kier alpha value is -4.39. The second kappa shape index (κ2) is 9.34. The van der Waals surface area contributed by atoms with Gasteiger partial charge in [0.05, 0.1) is 25.5 Å². The van der Waals surface area contributed by atoms with Crippen LogP contribution in [-0.2, 0) is 17.9 Å². The zero-order valence-corrected chi connectivity index (χ0v) is 20.8. The van der Waals surface area contributed by atoms with Crippen molar-refractivity contribution in [3.05, 3.63) is 99.6 Å². The first-order chi connectivity index (χ1) is 17.3. The van der Waals surface area contributed by atoms with Crippen LogP contribution in [0, 0.1) is 20.8 Å². The first-order valence-corrected chi connectivity index (χ1v) is 11.8. The Kier molecular flexibility index (Phi) is 6.06. The highest BCUT2D eigenvalue weighted by Crippen LogP contribution is 2.27. The molecule has 0 unspecified atom stereocenters. The number of amides is 1. The molecule has 36 heavy (non-hydrogen) atoms. The Bertz CT molecular complexity index is 1660. The molecule has 0 fully saturated rings. The van der Waals surface area contributed by atoms with Gasteiger partial charge in [0.1, 0.15) is 23.3 Å². The summed E-state index contributed by atoms with van der Waals surface area (Å²) in [5.74, 6) is 0.552. The molecule has 182 valence electrons. The number of hydrogen-bond acceptors (Lipinski definition) is 4. The minimum Gasteiger partial charge on any atom is -0.497 e. The van der Waals surface area contributed by atoms with Gasteiger partial charge in [0.25, 0.3) is 5.56 Å². The number of aryl methyl sites for hydroxylation is 3. The first-order valence-electron chi connectivity index (χ1n) is 11.8. The first kappa shape index (κ1) is 23.4. The fourth-order valence-corrected chi connectivity index (χ4v) is 4.61. The number of carbonyl (C=O) groups excluding carboxylic acids is 1. The van der Waals surface area contributed by atoms with E-state index in [1.165, 1.54) is 0 Å². The van der Waals surface area contributed by atoms with Gasteiger partial charge in [-0.05, 0) is 62.2 Å². The van der Waals surface area contributed by atoms with Crippen molar-refractivity contribution in [3.8, 4) is 5.75 Å². The van der Waals surface area contributed by atoms with Crippen molar-refractivity contribution >= 4 is 33.5 Å². The monoisotopic (exact) mass is 480 g/mol. The summed E-state index contributed by atoms with van der Waals surface area (Å²) in [6.45, 7) is 6.34. The summed E-state index contributed by atoms with van der Waals surface area (Å²) in [6, 6.07) is 19.4. The van der Waals surface area contributed by atoms with Gasteiger partial charge in [-0.1, -0.05) is 41.5 Å². The van der Waals surface area contributed by atoms with Crippen LogP contribution in [0.25, 0.3) is 21.9 Å². The molecule has 0 spiro atoms. The summed E-state index contributed by atoms with van der Waals surface area (Å²) >= 11 is 0. The number of hydrogen-bond donors (Lipinski definition) is 1. The lowest BCUT2D eigenvalue weighted by atomic mass is 10.1. The fourth-order valence-electron chi connectivity index (χ4n) is 4.61. The summed E-state index contributed by atoms with van der Waals surface area (Å²) in [5.41, 5.74) is 6.53. The lowest BCUT2D eigenvalue weighted by Gasteiger charge is -2.12. The number of carbonyl (C=O) groups is 1. The Labute approximate surface area is 209 Å². The van der Waals surface area contributed by atoms with Crippen LogP contribution < -0.4 is 15.6 Å². The average Bonchev–Trinajstić information content (AvgIpc) is 3.16. The van der Waals surface area contributed by atoms with E-state index in [1.54, 1.807) is 22.6 Å². The second-order valence-corrected chi connectivity index (χ2v) is 9.20. The van der Waals surface area contributed by atoms with Crippen LogP contribution in [0.4, 0.5) is 5.69 Å². The molecular weight excluding hydrogens is 452 g/mol. The van der Waals surface area contributed by atoms with Crippen LogP contribution in [-0.4, -0.2) is 27.1 Å². The Morgan fingerprint density at radius 2 is 1.69 bits per heavy atom. The highest BCUT2D eigenvalue weighted by molar-refractivity contribution is 6.06. The van der Waals surface area contributed by atoms with Crippen LogP contribution in [0.1, 0.15) is 22.3 Å². The predicted octanol–water partition coefficient (Wildman–Crippen LogP) is 4.97. The molecule has 3 aromatic carbocycles. The zero-order chi connectivity index (χ0) is 25.4. The SMILES string of the molecule is COc1ccc(Cn2cnc3c4cc(C)ccc4n(CC(=O)Nc4ccc(C)cc4C)c3c2=O)cc1. The standard InChI is InChI=1S/C29H28N4O3/c1-18-5-11-24(20(3)13-18)31-26(34)16-33-25-12-6-19(2)14-23(25)27-28(33)29(35)32(17-30-27)15-21-7-9-22(36-4)10-8-21/h5-14,17H,15-16H2,1-4H3,(H,31,34). The van der Waals surface area contributed by atoms with E-state index in [-0.39, 0.29) is 18.0 Å². The summed E-state index contributed by atoms with van der Waals surface area (Å²) in [6.07, 6.45) is 1.58. The third-order valence-electron chi connectivity index (χ3n) is 6.45. The number of benzene rings is 3. The van der Waals surface area contributed by atoms with Gasteiger partial charge in [-0.25, -0.2) is 4.98 Å². The Balaban J connectivity index is 1.57. The van der Waals surface area contributed by atoms with Gasteiger partial charge < -0.3 is 14.6 Å². The van der Waals surface area contributed by atoms with Crippen molar-refractivity contribution in [1.82, 2.24) is 14.1 Å². The molecule has 0 aliphatic rings. The van der Waals surface area contributed by atoms with Crippen molar-refractivity contribution in [2.75, 3.05) is 12.4 Å². The normalized spacial score (nSPS) is 11.2. The molecule has 0 aliphatic heterocycles. The molecule has 0 aliphatic carbocycles. The molecule has 2 aromatic heterocycles. The van der Waals surface area contributed by atoms with Gasteiger partial charge in [0, 0.05) is 11.1 Å². The zero-order valence-electron chi connectivity index (χ0n) is 20.8. The lowest BCUT2D eigenvalue weighted by Crippen LogP contribution is -2.25. The van der Waals surface area contributed by atoms with E-state index in [9.17, 15) is 9.59 Å². The molecule has 0 saturated heterocycles. The third-order valence-corrected chi connectivity index (χ3v) is 6.45. The number of nitrogens with zero attached hydrogens (tertiary/aromatic N) is 3. The highest BCUT2D eigenvalue weighted by Gasteiger charge is 2.19. The van der Waals surface area contributed by atoms with Crippen molar-refractivity contribution in [2.24, 2.45) is 0 Å². The molecular formula is C29H28N4O3. The number of ether oxygens (including phenoxy) is 1. The molecule has 7 heteroatoms. The second-order valence-electron chi connectivity index (χ2n) is 9.20. The van der Waals surface area contributed by atoms with E-state index in [4.69, 9.17) is 4.74 Å². The minimum atomic E-state index is -0.203. The maximum absolute atomic E-state index is 13.7. The van der Waals surface area contributed by atoms with E-state index >= 15 is 0 Å². The Morgan fingerprint density at radius 3 is 2.42 bits per heavy atom. The number of anilines is 1. The molecule has 0 saturated carbocycles. The summed E-state index contributed by atoms with van der Waals surface area (Å²) < 4.78 is 8.59. The van der Waals surface area contributed by atoms with Crippen LogP contribution >= 0.6 is 0 Å². The van der Waals surface area contributed by atoms with E-state index < -0.39 is 0 Å². The van der Waals surface area contributed by atoms with Crippen LogP contribution in [0.5, 0.6) is 5.75 Å². The van der Waals surface area contributed by atoms with Gasteiger partial charge in [-0.15, -0.1) is 0 Å². The number of aromatic nitrogens is 3. The number of methoxy groups -OCH3 is 1. The highest BCUT2D eigenvalue weighted by atomic mass is 16.5. The smallest absolute Gasteiger partial charge is 0.278 e. The minimum absolute atomic E-state index is 0.000152. The van der Waals surface area contributed by atoms with E-state index in [0.717, 1.165) is 44.6 Å². The summed E-state index contributed by atoms with van der Waals surface area (Å²) in [5, 5.41) is 3.86. The van der Waals surface area contributed by atoms with E-state index in [0.29, 0.717) is 17.6 Å². The largest absolute Gasteiger partial charge is 0.497 e. The van der Waals surface area contributed by atoms with Crippen molar-refractivity contribution < 1.29 is 9.53 Å². The van der Waals surface area contributed by atoms with Gasteiger partial charge in [0.15, 0.2) is 0 Å². The van der Waals surface area contributed by atoms with Crippen LogP contribution in [0.2, 0.25) is 0 Å². The topological polar surface area (TPSA) is 78.2 Å². The molecule has 1 amide bonds. The Morgan fingerprint density at radius 1 is 0.972 bits per heavy atom. The molecule has 0 atom stereocenters. The maximum atomic E-state index is 13.7. The van der Waals surface area contributed by atoms with Crippen molar-refractivity contribution in [3.63, 3.8) is 0 Å². The van der Waals surface area contributed by atoms with Crippen LogP contribution in [0.3, 0.4) is 0 Å². The lowest BCUT2D eigenvalue weighted by molar-refractivity contribution is -0.116.